The van der Waals surface area contributed by atoms with Crippen molar-refractivity contribution in [2.24, 2.45) is 5.14 Å². The number of rotatable bonds is 7. The van der Waals surface area contributed by atoms with Crippen molar-refractivity contribution in [2.45, 2.75) is 25.2 Å². The highest BCUT2D eigenvalue weighted by atomic mass is 32.2. The number of benzene rings is 1. The van der Waals surface area contributed by atoms with E-state index in [1.807, 2.05) is 6.92 Å². The van der Waals surface area contributed by atoms with Gasteiger partial charge < -0.3 is 9.47 Å². The number of aryl methyl sites for hydroxylation is 1. The second kappa shape index (κ2) is 7.48. The molecule has 0 heterocycles. The van der Waals surface area contributed by atoms with E-state index in [9.17, 15) is 17.6 Å². The summed E-state index contributed by atoms with van der Waals surface area (Å²) in [7, 11) is -4.04. The van der Waals surface area contributed by atoms with Gasteiger partial charge in [-0.15, -0.1) is 0 Å². The molecular formula is C13H18FNO5S. The third kappa shape index (κ3) is 5.07. The maximum atomic E-state index is 13.7. The molecule has 0 amide bonds. The molecule has 0 aliphatic rings. The molecule has 0 aliphatic carbocycles. The minimum absolute atomic E-state index is 0.0448. The molecule has 0 spiro atoms. The summed E-state index contributed by atoms with van der Waals surface area (Å²) < 4.78 is 46.4. The van der Waals surface area contributed by atoms with Crippen LogP contribution in [0.15, 0.2) is 17.0 Å². The van der Waals surface area contributed by atoms with Crippen LogP contribution in [0.1, 0.15) is 29.3 Å². The molecule has 0 atom stereocenters. The third-order valence-electron chi connectivity index (χ3n) is 2.60. The van der Waals surface area contributed by atoms with Crippen molar-refractivity contribution >= 4 is 16.0 Å². The van der Waals surface area contributed by atoms with Crippen molar-refractivity contribution in [1.29, 1.82) is 0 Å². The van der Waals surface area contributed by atoms with Gasteiger partial charge in [0.25, 0.3) is 0 Å². The van der Waals surface area contributed by atoms with Gasteiger partial charge in [-0.05, 0) is 31.0 Å². The Kier molecular flexibility index (Phi) is 6.25. The molecule has 0 saturated heterocycles. The second-order valence-corrected chi connectivity index (χ2v) is 5.92. The molecule has 0 saturated carbocycles. The molecule has 21 heavy (non-hydrogen) atoms. The first-order valence-corrected chi connectivity index (χ1v) is 7.89. The van der Waals surface area contributed by atoms with Crippen molar-refractivity contribution in [3.05, 3.63) is 29.1 Å². The summed E-state index contributed by atoms with van der Waals surface area (Å²) in [6, 6.07) is 1.82. The van der Waals surface area contributed by atoms with Crippen LogP contribution in [0.2, 0.25) is 0 Å². The first kappa shape index (κ1) is 17.5. The van der Waals surface area contributed by atoms with Gasteiger partial charge in [-0.1, -0.05) is 6.92 Å². The van der Waals surface area contributed by atoms with Gasteiger partial charge in [0, 0.05) is 6.61 Å². The highest BCUT2D eigenvalue weighted by Gasteiger charge is 2.20. The van der Waals surface area contributed by atoms with E-state index in [0.29, 0.717) is 6.61 Å². The summed E-state index contributed by atoms with van der Waals surface area (Å²) in [6.45, 7) is 4.00. The molecule has 1 aromatic rings. The highest BCUT2D eigenvalue weighted by molar-refractivity contribution is 7.89. The van der Waals surface area contributed by atoms with E-state index < -0.39 is 27.4 Å². The van der Waals surface area contributed by atoms with E-state index in [2.05, 4.69) is 0 Å². The molecule has 2 N–H and O–H groups in total. The number of esters is 1. The predicted molar refractivity (Wildman–Crippen MR) is 73.9 cm³/mol. The number of primary sulfonamides is 1. The molecule has 1 rings (SSSR count). The Morgan fingerprint density at radius 2 is 1.95 bits per heavy atom. The quantitative estimate of drug-likeness (QED) is 0.605. The number of ether oxygens (including phenoxy) is 2. The average molecular weight is 319 g/mol. The van der Waals surface area contributed by atoms with E-state index in [0.717, 1.165) is 18.6 Å². The molecule has 0 bridgehead atoms. The third-order valence-corrected chi connectivity index (χ3v) is 3.65. The fourth-order valence-electron chi connectivity index (χ4n) is 1.63. The smallest absolute Gasteiger partial charge is 0.341 e. The monoisotopic (exact) mass is 319 g/mol. The largest absolute Gasteiger partial charge is 0.460 e. The summed E-state index contributed by atoms with van der Waals surface area (Å²) >= 11 is 0. The molecule has 6 nitrogen and oxygen atoms in total. The van der Waals surface area contributed by atoms with Crippen LogP contribution in [0.4, 0.5) is 4.39 Å². The highest BCUT2D eigenvalue weighted by Crippen LogP contribution is 2.19. The number of nitrogens with two attached hydrogens (primary N) is 1. The number of carbonyl (C=O) groups is 1. The zero-order valence-corrected chi connectivity index (χ0v) is 12.7. The Morgan fingerprint density at radius 3 is 2.52 bits per heavy atom. The standard InChI is InChI=1S/C13H18FNO5S/c1-3-4-19-5-6-20-13(16)10-8-12(21(15,17)18)9(2)7-11(10)14/h7-8H,3-6H2,1-2H3,(H2,15,17,18). The lowest BCUT2D eigenvalue weighted by molar-refractivity contribution is 0.0314. The van der Waals surface area contributed by atoms with Gasteiger partial charge in [-0.2, -0.15) is 0 Å². The number of sulfonamides is 1. The average Bonchev–Trinajstić information content (AvgIpc) is 2.36. The lowest BCUT2D eigenvalue weighted by atomic mass is 10.1. The Labute approximate surface area is 123 Å². The van der Waals surface area contributed by atoms with Crippen molar-refractivity contribution in [3.63, 3.8) is 0 Å². The maximum Gasteiger partial charge on any atom is 0.341 e. The first-order valence-electron chi connectivity index (χ1n) is 6.35. The fraction of sp³-hybridized carbons (Fsp3) is 0.462. The summed E-state index contributed by atoms with van der Waals surface area (Å²) in [6.07, 6.45) is 0.832. The molecule has 0 unspecified atom stereocenters. The lowest BCUT2D eigenvalue weighted by Crippen LogP contribution is -2.17. The number of hydrogen-bond donors (Lipinski definition) is 1. The normalized spacial score (nSPS) is 11.4. The van der Waals surface area contributed by atoms with Gasteiger partial charge in [0.1, 0.15) is 12.4 Å². The van der Waals surface area contributed by atoms with Crippen molar-refractivity contribution in [3.8, 4) is 0 Å². The number of carbonyl (C=O) groups excluding carboxylic acids is 1. The van der Waals surface area contributed by atoms with Crippen LogP contribution in [0.25, 0.3) is 0 Å². The van der Waals surface area contributed by atoms with E-state index in [4.69, 9.17) is 14.6 Å². The van der Waals surface area contributed by atoms with Crippen LogP contribution in [-0.4, -0.2) is 34.2 Å². The maximum absolute atomic E-state index is 13.7. The SMILES string of the molecule is CCCOCCOC(=O)c1cc(S(N)(=O)=O)c(C)cc1F. The van der Waals surface area contributed by atoms with Crippen LogP contribution < -0.4 is 5.14 Å². The molecule has 0 aliphatic heterocycles. The van der Waals surface area contributed by atoms with Crippen LogP contribution >= 0.6 is 0 Å². The number of hydrogen-bond acceptors (Lipinski definition) is 5. The predicted octanol–water partition coefficient (Wildman–Crippen LogP) is 1.36. The van der Waals surface area contributed by atoms with Crippen LogP contribution in [0, 0.1) is 12.7 Å². The summed E-state index contributed by atoms with van der Waals surface area (Å²) in [5.41, 5.74) is -0.349. The zero-order valence-electron chi connectivity index (χ0n) is 11.9. The second-order valence-electron chi connectivity index (χ2n) is 4.39. The van der Waals surface area contributed by atoms with Crippen LogP contribution in [-0.2, 0) is 19.5 Å². The van der Waals surface area contributed by atoms with Gasteiger partial charge >= 0.3 is 5.97 Å². The Bertz CT molecular complexity index is 615. The van der Waals surface area contributed by atoms with Crippen LogP contribution in [0.3, 0.4) is 0 Å². The van der Waals surface area contributed by atoms with Gasteiger partial charge in [-0.3, -0.25) is 0 Å². The van der Waals surface area contributed by atoms with Crippen LogP contribution in [0.5, 0.6) is 0 Å². The summed E-state index contributed by atoms with van der Waals surface area (Å²) in [5, 5.41) is 5.01. The topological polar surface area (TPSA) is 95.7 Å². The zero-order chi connectivity index (χ0) is 16.0. The molecular weight excluding hydrogens is 301 g/mol. The lowest BCUT2D eigenvalue weighted by Gasteiger charge is -2.09. The van der Waals surface area contributed by atoms with Gasteiger partial charge in [0.05, 0.1) is 17.1 Å². The molecule has 8 heteroatoms. The van der Waals surface area contributed by atoms with E-state index in [1.54, 1.807) is 0 Å². The Balaban J connectivity index is 2.85. The fourth-order valence-corrected chi connectivity index (χ4v) is 2.42. The Hall–Kier alpha value is -1.51. The minimum Gasteiger partial charge on any atom is -0.460 e. The van der Waals surface area contributed by atoms with Crippen molar-refractivity contribution in [1.82, 2.24) is 0 Å². The molecule has 0 fully saturated rings. The number of halogens is 1. The summed E-state index contributed by atoms with van der Waals surface area (Å²) in [5.74, 6) is -1.82. The first-order chi connectivity index (χ1) is 9.77. The van der Waals surface area contributed by atoms with E-state index in [-0.39, 0.29) is 23.7 Å². The molecule has 1 aromatic carbocycles. The van der Waals surface area contributed by atoms with Gasteiger partial charge in [0.2, 0.25) is 10.0 Å². The molecule has 118 valence electrons. The van der Waals surface area contributed by atoms with E-state index >= 15 is 0 Å². The van der Waals surface area contributed by atoms with Gasteiger partial charge in [0.15, 0.2) is 0 Å². The van der Waals surface area contributed by atoms with E-state index in [1.165, 1.54) is 6.92 Å². The van der Waals surface area contributed by atoms with Crippen molar-refractivity contribution in [2.75, 3.05) is 19.8 Å². The van der Waals surface area contributed by atoms with Gasteiger partial charge in [-0.25, -0.2) is 22.7 Å². The minimum atomic E-state index is -4.04. The van der Waals surface area contributed by atoms with Crippen molar-refractivity contribution < 1.29 is 27.1 Å². The summed E-state index contributed by atoms with van der Waals surface area (Å²) in [4.78, 5) is 11.4. The Morgan fingerprint density at radius 1 is 1.29 bits per heavy atom. The molecule has 0 radical (unpaired) electrons. The molecule has 0 aromatic heterocycles.